The molecule has 1 saturated heterocycles. The van der Waals surface area contributed by atoms with Gasteiger partial charge in [-0.05, 0) is 23.6 Å². The number of carbonyl (C=O) groups excluding carboxylic acids is 1. The fourth-order valence-corrected chi connectivity index (χ4v) is 3.03. The molecule has 0 aromatic heterocycles. The Bertz CT molecular complexity index is 506. The van der Waals surface area contributed by atoms with Gasteiger partial charge in [0.25, 0.3) is 0 Å². The van der Waals surface area contributed by atoms with Gasteiger partial charge in [-0.2, -0.15) is 0 Å². The van der Waals surface area contributed by atoms with Crippen LogP contribution in [-0.2, 0) is 9.59 Å². The highest BCUT2D eigenvalue weighted by atomic mass is 79.9. The highest BCUT2D eigenvalue weighted by Crippen LogP contribution is 2.32. The number of rotatable bonds is 5. The number of carbonyl (C=O) groups is 2. The van der Waals surface area contributed by atoms with Gasteiger partial charge in [0.2, 0.25) is 5.91 Å². The minimum Gasteiger partial charge on any atom is -0.481 e. The standard InChI is InChI=1S/C14H15BrClNO3/c15-7-9-5-13(18)17(8-9)12(6-14(19)20)10-1-3-11(16)4-2-10/h1-4,9,12H,5-8H2,(H,19,20). The molecule has 1 fully saturated rings. The molecule has 0 saturated carbocycles. The van der Waals surface area contributed by atoms with Crippen molar-refractivity contribution >= 4 is 39.4 Å². The molecule has 6 heteroatoms. The van der Waals surface area contributed by atoms with E-state index in [1.165, 1.54) is 0 Å². The highest BCUT2D eigenvalue weighted by molar-refractivity contribution is 9.09. The van der Waals surface area contributed by atoms with Crippen molar-refractivity contribution in [2.75, 3.05) is 11.9 Å². The molecule has 1 amide bonds. The first-order valence-corrected chi connectivity index (χ1v) is 7.84. The number of halogens is 2. The minimum absolute atomic E-state index is 0.00986. The molecule has 0 bridgehead atoms. The molecule has 1 aliphatic heterocycles. The summed E-state index contributed by atoms with van der Waals surface area (Å²) in [5, 5.41) is 10.4. The summed E-state index contributed by atoms with van der Waals surface area (Å²) in [6.07, 6.45) is 0.372. The Balaban J connectivity index is 2.26. The largest absolute Gasteiger partial charge is 0.481 e. The fraction of sp³-hybridized carbons (Fsp3) is 0.429. The van der Waals surface area contributed by atoms with E-state index >= 15 is 0 Å². The second kappa shape index (κ2) is 6.59. The molecule has 2 rings (SSSR count). The lowest BCUT2D eigenvalue weighted by molar-refractivity contribution is -0.139. The lowest BCUT2D eigenvalue weighted by Crippen LogP contribution is -2.32. The van der Waals surface area contributed by atoms with E-state index in [1.807, 2.05) is 0 Å². The van der Waals surface area contributed by atoms with Crippen LogP contribution in [0.5, 0.6) is 0 Å². The van der Waals surface area contributed by atoms with Crippen molar-refractivity contribution in [3.63, 3.8) is 0 Å². The van der Waals surface area contributed by atoms with E-state index < -0.39 is 12.0 Å². The number of likely N-dealkylation sites (tertiary alicyclic amines) is 1. The molecule has 4 nitrogen and oxygen atoms in total. The summed E-state index contributed by atoms with van der Waals surface area (Å²) in [6, 6.07) is 6.57. The molecule has 20 heavy (non-hydrogen) atoms. The maximum atomic E-state index is 12.1. The summed E-state index contributed by atoms with van der Waals surface area (Å²) in [7, 11) is 0. The maximum Gasteiger partial charge on any atom is 0.305 e. The predicted molar refractivity (Wildman–Crippen MR) is 80.1 cm³/mol. The number of hydrogen-bond acceptors (Lipinski definition) is 2. The Morgan fingerprint density at radius 2 is 2.10 bits per heavy atom. The van der Waals surface area contributed by atoms with Crippen LogP contribution >= 0.6 is 27.5 Å². The van der Waals surface area contributed by atoms with Crippen molar-refractivity contribution in [2.45, 2.75) is 18.9 Å². The van der Waals surface area contributed by atoms with Crippen LogP contribution in [0.2, 0.25) is 5.02 Å². The lowest BCUT2D eigenvalue weighted by atomic mass is 10.0. The molecular weight excluding hydrogens is 346 g/mol. The van der Waals surface area contributed by atoms with Gasteiger partial charge in [-0.3, -0.25) is 9.59 Å². The Hall–Kier alpha value is -1.07. The summed E-state index contributed by atoms with van der Waals surface area (Å²) in [4.78, 5) is 24.9. The molecule has 1 heterocycles. The van der Waals surface area contributed by atoms with Gasteiger partial charge < -0.3 is 10.0 Å². The number of alkyl halides is 1. The van der Waals surface area contributed by atoms with Crippen LogP contribution in [0.4, 0.5) is 0 Å². The second-order valence-corrected chi connectivity index (χ2v) is 6.02. The zero-order valence-electron chi connectivity index (χ0n) is 10.8. The number of amides is 1. The van der Waals surface area contributed by atoms with Crippen molar-refractivity contribution < 1.29 is 14.7 Å². The van der Waals surface area contributed by atoms with Gasteiger partial charge in [-0.25, -0.2) is 0 Å². The van der Waals surface area contributed by atoms with Gasteiger partial charge in [0.15, 0.2) is 0 Å². The van der Waals surface area contributed by atoms with E-state index in [2.05, 4.69) is 15.9 Å². The Labute approximate surface area is 130 Å². The molecule has 1 aromatic carbocycles. The van der Waals surface area contributed by atoms with Crippen molar-refractivity contribution in [1.29, 1.82) is 0 Å². The Kier molecular flexibility index (Phi) is 5.05. The van der Waals surface area contributed by atoms with E-state index in [0.29, 0.717) is 18.0 Å². The van der Waals surface area contributed by atoms with Crippen LogP contribution in [0.15, 0.2) is 24.3 Å². The molecule has 0 spiro atoms. The monoisotopic (exact) mass is 359 g/mol. The Morgan fingerprint density at radius 3 is 2.60 bits per heavy atom. The number of carboxylic acid groups (broad SMARTS) is 1. The number of nitrogens with zero attached hydrogens (tertiary/aromatic N) is 1. The van der Waals surface area contributed by atoms with Gasteiger partial charge in [0.05, 0.1) is 12.5 Å². The predicted octanol–water partition coefficient (Wildman–Crippen LogP) is 3.10. The average molecular weight is 361 g/mol. The van der Waals surface area contributed by atoms with Crippen molar-refractivity contribution in [1.82, 2.24) is 4.90 Å². The first kappa shape index (κ1) is 15.3. The third-order valence-corrected chi connectivity index (χ3v) is 4.62. The molecule has 1 N–H and O–H groups in total. The van der Waals surface area contributed by atoms with Crippen molar-refractivity contribution in [3.05, 3.63) is 34.9 Å². The van der Waals surface area contributed by atoms with E-state index in [1.54, 1.807) is 29.2 Å². The highest BCUT2D eigenvalue weighted by Gasteiger charge is 2.35. The summed E-state index contributed by atoms with van der Waals surface area (Å²) in [6.45, 7) is 0.588. The Morgan fingerprint density at radius 1 is 1.45 bits per heavy atom. The molecule has 1 aromatic rings. The molecular formula is C14H15BrClNO3. The van der Waals surface area contributed by atoms with Crippen LogP contribution in [0, 0.1) is 5.92 Å². The van der Waals surface area contributed by atoms with Gasteiger partial charge >= 0.3 is 5.97 Å². The third-order valence-electron chi connectivity index (χ3n) is 3.46. The van der Waals surface area contributed by atoms with Crippen molar-refractivity contribution in [3.8, 4) is 0 Å². The smallest absolute Gasteiger partial charge is 0.305 e. The van der Waals surface area contributed by atoms with Gasteiger partial charge in [-0.1, -0.05) is 39.7 Å². The van der Waals surface area contributed by atoms with E-state index in [9.17, 15) is 9.59 Å². The number of benzene rings is 1. The summed E-state index contributed by atoms with van der Waals surface area (Å²) in [5.41, 5.74) is 0.806. The lowest BCUT2D eigenvalue weighted by Gasteiger charge is -2.27. The number of hydrogen-bond donors (Lipinski definition) is 1. The molecule has 2 atom stereocenters. The summed E-state index contributed by atoms with van der Waals surface area (Å²) in [5.74, 6) is -0.665. The van der Waals surface area contributed by atoms with E-state index in [0.717, 1.165) is 10.9 Å². The van der Waals surface area contributed by atoms with E-state index in [-0.39, 0.29) is 18.2 Å². The van der Waals surface area contributed by atoms with E-state index in [4.69, 9.17) is 16.7 Å². The quantitative estimate of drug-likeness (QED) is 0.821. The van der Waals surface area contributed by atoms with Crippen LogP contribution in [0.25, 0.3) is 0 Å². The van der Waals surface area contributed by atoms with Gasteiger partial charge in [0.1, 0.15) is 0 Å². The average Bonchev–Trinajstić information content (AvgIpc) is 2.78. The second-order valence-electron chi connectivity index (χ2n) is 4.94. The SMILES string of the molecule is O=C(O)CC(c1ccc(Cl)cc1)N1CC(CBr)CC1=O. The molecule has 1 aliphatic rings. The van der Waals surface area contributed by atoms with Crippen molar-refractivity contribution in [2.24, 2.45) is 5.92 Å². The first-order valence-electron chi connectivity index (χ1n) is 6.34. The van der Waals surface area contributed by atoms with Gasteiger partial charge in [-0.15, -0.1) is 0 Å². The van der Waals surface area contributed by atoms with Crippen LogP contribution in [0.3, 0.4) is 0 Å². The van der Waals surface area contributed by atoms with Crippen LogP contribution < -0.4 is 0 Å². The minimum atomic E-state index is -0.917. The first-order chi connectivity index (χ1) is 9.51. The summed E-state index contributed by atoms with van der Waals surface area (Å²) < 4.78 is 0. The molecule has 0 aliphatic carbocycles. The zero-order chi connectivity index (χ0) is 14.7. The number of aliphatic carboxylic acids is 1. The van der Waals surface area contributed by atoms with Gasteiger partial charge in [0, 0.05) is 23.3 Å². The zero-order valence-corrected chi connectivity index (χ0v) is 13.1. The number of carboxylic acids is 1. The normalized spacial score (nSPS) is 20.2. The topological polar surface area (TPSA) is 57.6 Å². The molecule has 108 valence electrons. The van der Waals surface area contributed by atoms with Crippen LogP contribution in [-0.4, -0.2) is 33.8 Å². The van der Waals surface area contributed by atoms with Crippen LogP contribution in [0.1, 0.15) is 24.4 Å². The summed E-state index contributed by atoms with van der Waals surface area (Å²) >= 11 is 9.24. The third kappa shape index (κ3) is 3.52. The molecule has 0 radical (unpaired) electrons. The maximum absolute atomic E-state index is 12.1. The fourth-order valence-electron chi connectivity index (χ4n) is 2.47. The molecule has 2 unspecified atom stereocenters.